The highest BCUT2D eigenvalue weighted by Gasteiger charge is 2.21. The minimum atomic E-state index is 0.138. The molecular formula is C23H26N4O3. The van der Waals surface area contributed by atoms with E-state index in [9.17, 15) is 4.79 Å². The summed E-state index contributed by atoms with van der Waals surface area (Å²) >= 11 is 0. The third-order valence-corrected chi connectivity index (χ3v) is 5.33. The van der Waals surface area contributed by atoms with Gasteiger partial charge in [0.25, 0.3) is 0 Å². The molecule has 7 heteroatoms. The highest BCUT2D eigenvalue weighted by atomic mass is 16.5. The number of methoxy groups -OCH3 is 1. The maximum Gasteiger partial charge on any atom is 0.247 e. The van der Waals surface area contributed by atoms with Gasteiger partial charge in [0.05, 0.1) is 7.11 Å². The fourth-order valence-corrected chi connectivity index (χ4v) is 3.57. The molecule has 0 radical (unpaired) electrons. The van der Waals surface area contributed by atoms with Gasteiger partial charge in [0, 0.05) is 51.1 Å². The number of hydrogen-bond acceptors (Lipinski definition) is 6. The summed E-state index contributed by atoms with van der Waals surface area (Å²) in [7, 11) is 1.67. The van der Waals surface area contributed by atoms with Gasteiger partial charge in [-0.05, 0) is 29.8 Å². The number of piperazine rings is 1. The van der Waals surface area contributed by atoms with Crippen LogP contribution in [0.4, 0.5) is 0 Å². The number of nitrogens with zero attached hydrogens (tertiary/aromatic N) is 4. The minimum Gasteiger partial charge on any atom is -0.497 e. The average Bonchev–Trinajstić information content (AvgIpc) is 3.28. The number of carbonyl (C=O) groups is 1. The summed E-state index contributed by atoms with van der Waals surface area (Å²) in [5.74, 6) is 2.00. The summed E-state index contributed by atoms with van der Waals surface area (Å²) in [6, 6.07) is 17.8. The lowest BCUT2D eigenvalue weighted by atomic mass is 10.2. The van der Waals surface area contributed by atoms with Crippen molar-refractivity contribution >= 4 is 5.91 Å². The summed E-state index contributed by atoms with van der Waals surface area (Å²) in [4.78, 5) is 16.9. The van der Waals surface area contributed by atoms with Gasteiger partial charge in [-0.25, -0.2) is 0 Å². The van der Waals surface area contributed by atoms with Gasteiger partial charge in [-0.15, -0.1) is 10.2 Å². The molecule has 0 spiro atoms. The second-order valence-electron chi connectivity index (χ2n) is 7.37. The Hall–Kier alpha value is -3.19. The Morgan fingerprint density at radius 3 is 2.43 bits per heavy atom. The van der Waals surface area contributed by atoms with Crippen LogP contribution in [0.3, 0.4) is 0 Å². The van der Waals surface area contributed by atoms with E-state index in [-0.39, 0.29) is 5.91 Å². The summed E-state index contributed by atoms with van der Waals surface area (Å²) < 4.78 is 10.9. The predicted molar refractivity (Wildman–Crippen MR) is 113 cm³/mol. The average molecular weight is 406 g/mol. The molecule has 1 aliphatic heterocycles. The minimum absolute atomic E-state index is 0.138. The van der Waals surface area contributed by atoms with Crippen LogP contribution in [-0.4, -0.2) is 59.2 Å². The van der Waals surface area contributed by atoms with Crippen LogP contribution in [0.1, 0.15) is 17.9 Å². The molecule has 1 amide bonds. The topological polar surface area (TPSA) is 71.7 Å². The quantitative estimate of drug-likeness (QED) is 0.601. The third-order valence-electron chi connectivity index (χ3n) is 5.33. The molecule has 30 heavy (non-hydrogen) atoms. The third kappa shape index (κ3) is 5.04. The van der Waals surface area contributed by atoms with Gasteiger partial charge in [0.2, 0.25) is 17.7 Å². The molecule has 0 aliphatic carbocycles. The van der Waals surface area contributed by atoms with Crippen LogP contribution in [0.25, 0.3) is 11.5 Å². The van der Waals surface area contributed by atoms with E-state index in [1.54, 1.807) is 7.11 Å². The van der Waals surface area contributed by atoms with Crippen molar-refractivity contribution in [2.75, 3.05) is 33.3 Å². The van der Waals surface area contributed by atoms with Gasteiger partial charge in [-0.3, -0.25) is 9.69 Å². The lowest BCUT2D eigenvalue weighted by molar-refractivity contribution is -0.133. The normalized spacial score (nSPS) is 14.6. The van der Waals surface area contributed by atoms with Crippen molar-refractivity contribution in [2.45, 2.75) is 19.4 Å². The lowest BCUT2D eigenvalue weighted by Gasteiger charge is -2.34. The first kappa shape index (κ1) is 20.1. The van der Waals surface area contributed by atoms with Crippen molar-refractivity contribution in [3.05, 3.63) is 66.1 Å². The first-order valence-corrected chi connectivity index (χ1v) is 10.2. The smallest absolute Gasteiger partial charge is 0.247 e. The highest BCUT2D eigenvalue weighted by molar-refractivity contribution is 5.76. The van der Waals surface area contributed by atoms with Crippen molar-refractivity contribution in [3.63, 3.8) is 0 Å². The number of benzene rings is 2. The number of amides is 1. The molecule has 3 aromatic rings. The molecule has 2 aromatic carbocycles. The monoisotopic (exact) mass is 406 g/mol. The van der Waals surface area contributed by atoms with E-state index in [2.05, 4.69) is 27.2 Å². The van der Waals surface area contributed by atoms with Crippen LogP contribution >= 0.6 is 0 Å². The van der Waals surface area contributed by atoms with E-state index in [1.807, 2.05) is 47.4 Å². The number of rotatable bonds is 7. The Bertz CT molecular complexity index is 948. The number of aryl methyl sites for hydroxylation is 1. The van der Waals surface area contributed by atoms with E-state index in [1.165, 1.54) is 5.56 Å². The van der Waals surface area contributed by atoms with Crippen molar-refractivity contribution < 1.29 is 13.9 Å². The lowest BCUT2D eigenvalue weighted by Crippen LogP contribution is -2.48. The molecule has 1 aliphatic rings. The molecule has 0 saturated carbocycles. The van der Waals surface area contributed by atoms with Crippen molar-refractivity contribution in [2.24, 2.45) is 0 Å². The second kappa shape index (κ2) is 9.54. The molecular weight excluding hydrogens is 380 g/mol. The molecule has 0 unspecified atom stereocenters. The SMILES string of the molecule is COc1ccc(CN2CCN(C(=O)CCc3nnc(-c4ccccc4)o3)CC2)cc1. The van der Waals surface area contributed by atoms with Gasteiger partial charge in [0.15, 0.2) is 0 Å². The Morgan fingerprint density at radius 1 is 1.00 bits per heavy atom. The molecule has 4 rings (SSSR count). The van der Waals surface area contributed by atoms with Gasteiger partial charge >= 0.3 is 0 Å². The van der Waals surface area contributed by atoms with Crippen LogP contribution in [0.5, 0.6) is 5.75 Å². The number of ether oxygens (including phenoxy) is 1. The zero-order valence-electron chi connectivity index (χ0n) is 17.2. The summed E-state index contributed by atoms with van der Waals surface area (Å²) in [5, 5.41) is 8.16. The van der Waals surface area contributed by atoms with E-state index >= 15 is 0 Å². The molecule has 1 fully saturated rings. The van der Waals surface area contributed by atoms with Crippen molar-refractivity contribution in [3.8, 4) is 17.2 Å². The zero-order valence-corrected chi connectivity index (χ0v) is 17.2. The molecule has 0 atom stereocenters. The predicted octanol–water partition coefficient (Wildman–Crippen LogP) is 3.02. The first-order chi connectivity index (χ1) is 14.7. The fourth-order valence-electron chi connectivity index (χ4n) is 3.57. The molecule has 156 valence electrons. The zero-order chi connectivity index (χ0) is 20.8. The Morgan fingerprint density at radius 2 is 1.73 bits per heavy atom. The Labute approximate surface area is 176 Å². The maximum atomic E-state index is 12.6. The first-order valence-electron chi connectivity index (χ1n) is 10.2. The molecule has 1 saturated heterocycles. The highest BCUT2D eigenvalue weighted by Crippen LogP contribution is 2.18. The van der Waals surface area contributed by atoms with Crippen molar-refractivity contribution in [1.29, 1.82) is 0 Å². The van der Waals surface area contributed by atoms with Crippen molar-refractivity contribution in [1.82, 2.24) is 20.0 Å². The standard InChI is InChI=1S/C23H26N4O3/c1-29-20-9-7-18(8-10-20)17-26-13-15-27(16-14-26)22(28)12-11-21-24-25-23(30-21)19-5-3-2-4-6-19/h2-10H,11-17H2,1H3. The van der Waals surface area contributed by atoms with Crippen LogP contribution in [0.2, 0.25) is 0 Å². The molecule has 2 heterocycles. The summed E-state index contributed by atoms with van der Waals surface area (Å²) in [5.41, 5.74) is 2.14. The van der Waals surface area contributed by atoms with Gasteiger partial charge in [-0.1, -0.05) is 30.3 Å². The van der Waals surface area contributed by atoms with Gasteiger partial charge < -0.3 is 14.1 Å². The van der Waals surface area contributed by atoms with Gasteiger partial charge in [-0.2, -0.15) is 0 Å². The number of carbonyl (C=O) groups excluding carboxylic acids is 1. The van der Waals surface area contributed by atoms with E-state index in [4.69, 9.17) is 9.15 Å². The molecule has 1 aromatic heterocycles. The largest absolute Gasteiger partial charge is 0.497 e. The Kier molecular flexibility index (Phi) is 6.39. The van der Waals surface area contributed by atoms with E-state index < -0.39 is 0 Å². The van der Waals surface area contributed by atoms with E-state index in [0.29, 0.717) is 24.6 Å². The second-order valence-corrected chi connectivity index (χ2v) is 7.37. The van der Waals surface area contributed by atoms with Crippen LogP contribution in [0.15, 0.2) is 59.0 Å². The van der Waals surface area contributed by atoms with Crippen LogP contribution in [0, 0.1) is 0 Å². The molecule has 7 nitrogen and oxygen atoms in total. The number of aromatic nitrogens is 2. The maximum absolute atomic E-state index is 12.6. The summed E-state index contributed by atoms with van der Waals surface area (Å²) in [6.45, 7) is 4.12. The van der Waals surface area contributed by atoms with Gasteiger partial charge in [0.1, 0.15) is 5.75 Å². The molecule has 0 N–H and O–H groups in total. The van der Waals surface area contributed by atoms with Crippen LogP contribution in [-0.2, 0) is 17.8 Å². The molecule has 0 bridgehead atoms. The van der Waals surface area contributed by atoms with E-state index in [0.717, 1.165) is 44.0 Å². The summed E-state index contributed by atoms with van der Waals surface area (Å²) in [6.07, 6.45) is 0.847. The Balaban J connectivity index is 1.22. The number of hydrogen-bond donors (Lipinski definition) is 0. The van der Waals surface area contributed by atoms with Crippen LogP contribution < -0.4 is 4.74 Å². The fraction of sp³-hybridized carbons (Fsp3) is 0.348.